The molecule has 5 heteroatoms. The summed E-state index contributed by atoms with van der Waals surface area (Å²) in [6.07, 6.45) is 1.92. The van der Waals surface area contributed by atoms with Gasteiger partial charge in [0.25, 0.3) is 0 Å². The Kier molecular flexibility index (Phi) is 7.87. The second-order valence-electron chi connectivity index (χ2n) is 14.3. The number of benzene rings is 7. The number of aromatic nitrogens is 2. The summed E-state index contributed by atoms with van der Waals surface area (Å²) in [7, 11) is 2.15. The maximum absolute atomic E-state index is 4.99. The third-order valence-corrected chi connectivity index (χ3v) is 11.4. The quantitative estimate of drug-likeness (QED) is 0.161. The first-order valence-corrected chi connectivity index (χ1v) is 18.5. The van der Waals surface area contributed by atoms with Gasteiger partial charge in [-0.05, 0) is 69.1 Å². The standard InChI is InChI=1S/C50H34N4.Pt/c1-52-33-53(47-25-12-11-24-46(47)52)38-17-13-16-36(31-38)50(43-21-8-5-18-39(43)40-19-6-9-22-44(40)50)37-26-27-42-41-20-7-10-23-45(41)54(48(42)32-37)49-30-35(28-29-51-49)34-14-3-2-4-15-34;/h2-30H,33H2,1H3;/q-2;+2. The second-order valence-corrected chi connectivity index (χ2v) is 14.3. The number of anilines is 3. The molecule has 2 aromatic heterocycles. The summed E-state index contributed by atoms with van der Waals surface area (Å²) >= 11 is 0. The van der Waals surface area contributed by atoms with E-state index in [1.807, 2.05) is 6.20 Å². The predicted molar refractivity (Wildman–Crippen MR) is 221 cm³/mol. The van der Waals surface area contributed by atoms with Gasteiger partial charge in [0, 0.05) is 24.2 Å². The summed E-state index contributed by atoms with van der Waals surface area (Å²) in [5.74, 6) is 0.864. The summed E-state index contributed by atoms with van der Waals surface area (Å²) in [4.78, 5) is 9.66. The summed E-state index contributed by atoms with van der Waals surface area (Å²) in [6, 6.07) is 69.2. The van der Waals surface area contributed by atoms with E-state index in [1.165, 1.54) is 39.0 Å². The Hall–Kier alpha value is -6.22. The first-order valence-electron chi connectivity index (χ1n) is 18.5. The van der Waals surface area contributed by atoms with Crippen molar-refractivity contribution in [2.75, 3.05) is 23.5 Å². The number of fused-ring (bicyclic) bond motifs is 7. The summed E-state index contributed by atoms with van der Waals surface area (Å²) < 4.78 is 2.29. The van der Waals surface area contributed by atoms with Crippen LogP contribution in [0.25, 0.3) is 49.9 Å². The number of pyridine rings is 1. The minimum Gasteiger partial charge on any atom is -0.355 e. The van der Waals surface area contributed by atoms with E-state index >= 15 is 0 Å². The minimum absolute atomic E-state index is 0. The van der Waals surface area contributed by atoms with Crippen LogP contribution in [0.1, 0.15) is 22.3 Å². The van der Waals surface area contributed by atoms with E-state index in [4.69, 9.17) is 4.98 Å². The van der Waals surface area contributed by atoms with Crippen molar-refractivity contribution in [3.63, 3.8) is 0 Å². The van der Waals surface area contributed by atoms with Crippen molar-refractivity contribution in [1.29, 1.82) is 0 Å². The van der Waals surface area contributed by atoms with Crippen molar-refractivity contribution >= 4 is 38.9 Å². The van der Waals surface area contributed by atoms with E-state index in [0.29, 0.717) is 0 Å². The normalized spacial score (nSPS) is 13.8. The van der Waals surface area contributed by atoms with E-state index in [1.54, 1.807) is 0 Å². The molecule has 0 saturated heterocycles. The van der Waals surface area contributed by atoms with Crippen molar-refractivity contribution in [1.82, 2.24) is 9.55 Å². The molecule has 0 unspecified atom stereocenters. The third kappa shape index (κ3) is 4.91. The number of hydrogen-bond acceptors (Lipinski definition) is 3. The molecule has 0 atom stereocenters. The Labute approximate surface area is 335 Å². The van der Waals surface area contributed by atoms with Crippen LogP contribution in [0.5, 0.6) is 0 Å². The molecule has 0 bridgehead atoms. The van der Waals surface area contributed by atoms with Gasteiger partial charge < -0.3 is 14.4 Å². The number of hydrogen-bond donors (Lipinski definition) is 0. The Bertz CT molecular complexity index is 2870. The Morgan fingerprint density at radius 3 is 2.04 bits per heavy atom. The molecular weight excluding hydrogens is 852 g/mol. The number of nitrogens with zero attached hydrogens (tertiary/aromatic N) is 4. The Morgan fingerprint density at radius 1 is 0.564 bits per heavy atom. The molecule has 0 amide bonds. The fourth-order valence-corrected chi connectivity index (χ4v) is 9.08. The van der Waals surface area contributed by atoms with E-state index in [2.05, 4.69) is 203 Å². The molecule has 4 nitrogen and oxygen atoms in total. The number of rotatable bonds is 5. The first-order chi connectivity index (χ1) is 26.7. The molecule has 0 spiro atoms. The van der Waals surface area contributed by atoms with Gasteiger partial charge >= 0.3 is 21.1 Å². The smallest absolute Gasteiger partial charge is 0.355 e. The van der Waals surface area contributed by atoms with Gasteiger partial charge in [0.1, 0.15) is 5.82 Å². The van der Waals surface area contributed by atoms with Crippen molar-refractivity contribution in [3.8, 4) is 28.1 Å². The fourth-order valence-electron chi connectivity index (χ4n) is 9.08. The van der Waals surface area contributed by atoms with Crippen LogP contribution in [0.15, 0.2) is 176 Å². The molecule has 0 N–H and O–H groups in total. The molecule has 1 aliphatic heterocycles. The average Bonchev–Trinajstić information content (AvgIpc) is 3.87. The maximum atomic E-state index is 4.99. The van der Waals surface area contributed by atoms with Gasteiger partial charge in [0.2, 0.25) is 0 Å². The average molecular weight is 886 g/mol. The molecular formula is C50H34N4Pt. The zero-order chi connectivity index (χ0) is 35.8. The van der Waals surface area contributed by atoms with Crippen LogP contribution < -0.4 is 9.80 Å². The van der Waals surface area contributed by atoms with Gasteiger partial charge in [-0.1, -0.05) is 120 Å². The molecule has 7 aromatic carbocycles. The molecule has 9 aromatic rings. The Morgan fingerprint density at radius 2 is 1.24 bits per heavy atom. The molecule has 264 valence electrons. The molecule has 0 radical (unpaired) electrons. The van der Waals surface area contributed by atoms with E-state index in [9.17, 15) is 0 Å². The Balaban J connectivity index is 0.00000372. The van der Waals surface area contributed by atoms with Crippen LogP contribution in [-0.2, 0) is 26.5 Å². The van der Waals surface area contributed by atoms with Gasteiger partial charge in [-0.2, -0.15) is 36.4 Å². The van der Waals surface area contributed by atoms with Gasteiger partial charge in [-0.3, -0.25) is 0 Å². The van der Waals surface area contributed by atoms with Crippen molar-refractivity contribution < 1.29 is 21.1 Å². The van der Waals surface area contributed by atoms with E-state index < -0.39 is 5.41 Å². The van der Waals surface area contributed by atoms with Crippen LogP contribution in [0, 0.1) is 12.1 Å². The van der Waals surface area contributed by atoms with Gasteiger partial charge in [0.15, 0.2) is 0 Å². The van der Waals surface area contributed by atoms with E-state index in [-0.39, 0.29) is 21.1 Å². The van der Waals surface area contributed by atoms with Gasteiger partial charge in [0.05, 0.1) is 18.0 Å². The fraction of sp³-hybridized carbons (Fsp3) is 0.0600. The second kappa shape index (κ2) is 13.0. The topological polar surface area (TPSA) is 24.3 Å². The van der Waals surface area contributed by atoms with Crippen molar-refractivity contribution in [2.45, 2.75) is 5.41 Å². The minimum atomic E-state index is -0.677. The largest absolute Gasteiger partial charge is 2.00 e. The zero-order valence-electron chi connectivity index (χ0n) is 30.1. The molecule has 3 heterocycles. The molecule has 11 rings (SSSR count). The monoisotopic (exact) mass is 885 g/mol. The van der Waals surface area contributed by atoms with Crippen LogP contribution in [0.3, 0.4) is 0 Å². The molecule has 0 saturated carbocycles. The zero-order valence-corrected chi connectivity index (χ0v) is 32.3. The van der Waals surface area contributed by atoms with Crippen LogP contribution in [0.4, 0.5) is 17.1 Å². The predicted octanol–water partition coefficient (Wildman–Crippen LogP) is 11.4. The molecule has 55 heavy (non-hydrogen) atoms. The molecule has 2 aliphatic rings. The van der Waals surface area contributed by atoms with Crippen LogP contribution in [0.2, 0.25) is 0 Å². The summed E-state index contributed by atoms with van der Waals surface area (Å²) in [5, 5.41) is 2.32. The number of para-hydroxylation sites is 3. The maximum Gasteiger partial charge on any atom is 2.00 e. The van der Waals surface area contributed by atoms with Crippen molar-refractivity contribution in [2.24, 2.45) is 0 Å². The van der Waals surface area contributed by atoms with Gasteiger partial charge in [-0.25, -0.2) is 4.98 Å². The third-order valence-electron chi connectivity index (χ3n) is 11.4. The SMILES string of the molecule is CN1CN(c2[c-]c(C3(c4[c-]c5c(cc4)c4ccccc4n5-c4cc(-c5ccccc5)ccn4)c4ccccc4-c4ccccc43)ccc2)c2ccccc21.[Pt+2]. The molecule has 1 aliphatic carbocycles. The first kappa shape index (κ1) is 33.4. The molecule has 0 fully saturated rings. The summed E-state index contributed by atoms with van der Waals surface area (Å²) in [5.41, 5.74) is 14.3. The van der Waals surface area contributed by atoms with E-state index in [0.717, 1.165) is 56.8 Å². The van der Waals surface area contributed by atoms with Crippen LogP contribution in [-0.4, -0.2) is 23.3 Å². The summed E-state index contributed by atoms with van der Waals surface area (Å²) in [6.45, 7) is 0.757. The van der Waals surface area contributed by atoms with Crippen LogP contribution >= 0.6 is 0 Å². The van der Waals surface area contributed by atoms with Gasteiger partial charge in [-0.15, -0.1) is 22.6 Å². The van der Waals surface area contributed by atoms with Crippen molar-refractivity contribution in [3.05, 3.63) is 210 Å².